The van der Waals surface area contributed by atoms with Gasteiger partial charge in [0.05, 0.1) is 0 Å². The molecule has 0 amide bonds. The molecule has 0 aliphatic rings. The molecule has 0 aliphatic carbocycles. The van der Waals surface area contributed by atoms with Crippen LogP contribution in [0, 0.1) is 46.5 Å². The second-order valence-corrected chi connectivity index (χ2v) is 7.47. The van der Waals surface area contributed by atoms with Crippen LogP contribution in [0.3, 0.4) is 0 Å². The van der Waals surface area contributed by atoms with Gasteiger partial charge in [0.1, 0.15) is 0 Å². The summed E-state index contributed by atoms with van der Waals surface area (Å²) >= 11 is 0. The molecule has 0 atom stereocenters. The zero-order valence-corrected chi connectivity index (χ0v) is 20.0. The van der Waals surface area contributed by atoms with E-state index in [9.17, 15) is 0 Å². The molecule has 0 aromatic heterocycles. The van der Waals surface area contributed by atoms with E-state index in [0.717, 1.165) is 19.3 Å². The van der Waals surface area contributed by atoms with Crippen molar-refractivity contribution in [1.82, 2.24) is 0 Å². The van der Waals surface area contributed by atoms with Crippen molar-refractivity contribution >= 4 is 0 Å². The summed E-state index contributed by atoms with van der Waals surface area (Å²) in [4.78, 5) is 0. The lowest BCUT2D eigenvalue weighted by atomic mass is 9.92. The van der Waals surface area contributed by atoms with Crippen LogP contribution < -0.4 is 0 Å². The number of aryl methyl sites for hydroxylation is 3. The molecule has 29 heavy (non-hydrogen) atoms. The van der Waals surface area contributed by atoms with Gasteiger partial charge in [-0.15, -0.1) is 32.3 Å². The Morgan fingerprint density at radius 3 is 1.66 bits per heavy atom. The summed E-state index contributed by atoms with van der Waals surface area (Å²) in [5.41, 5.74) is 9.16. The number of terminal acetylenes is 2. The Labute approximate surface area is 183 Å². The highest BCUT2D eigenvalue weighted by Gasteiger charge is 2.06. The first kappa shape index (κ1) is 31.3. The van der Waals surface area contributed by atoms with Crippen LogP contribution in [0.15, 0.2) is 48.6 Å². The fourth-order valence-electron chi connectivity index (χ4n) is 2.68. The third-order valence-corrected chi connectivity index (χ3v) is 4.44. The molecule has 0 saturated carbocycles. The first-order chi connectivity index (χ1) is 13.7. The van der Waals surface area contributed by atoms with Crippen LogP contribution in [0.1, 0.15) is 81.5 Å². The molecule has 0 aliphatic heterocycles. The van der Waals surface area contributed by atoms with E-state index in [0.29, 0.717) is 0 Å². The van der Waals surface area contributed by atoms with Gasteiger partial charge >= 0.3 is 0 Å². The molecule has 0 radical (unpaired) electrons. The van der Waals surface area contributed by atoms with Gasteiger partial charge < -0.3 is 0 Å². The maximum absolute atomic E-state index is 4.26. The summed E-state index contributed by atoms with van der Waals surface area (Å²) < 4.78 is 0. The second-order valence-electron chi connectivity index (χ2n) is 7.47. The Hall–Kier alpha value is -2.44. The number of benzene rings is 1. The number of hydrogen-bond donors (Lipinski definition) is 0. The Bertz CT molecular complexity index is 643. The molecule has 1 aromatic carbocycles. The third-order valence-electron chi connectivity index (χ3n) is 4.44. The van der Waals surface area contributed by atoms with Crippen LogP contribution in [-0.2, 0) is 6.42 Å². The van der Waals surface area contributed by atoms with E-state index in [4.69, 9.17) is 0 Å². The van der Waals surface area contributed by atoms with Gasteiger partial charge in [-0.3, -0.25) is 0 Å². The Morgan fingerprint density at radius 1 is 0.724 bits per heavy atom. The molecule has 0 spiro atoms. The Kier molecular flexibility index (Phi) is 21.9. The summed E-state index contributed by atoms with van der Waals surface area (Å²) in [7, 11) is 0. The van der Waals surface area contributed by atoms with Crippen molar-refractivity contribution in [3.05, 3.63) is 70.8 Å². The fourth-order valence-corrected chi connectivity index (χ4v) is 2.68. The number of rotatable bonds is 9. The average molecular weight is 393 g/mol. The van der Waals surface area contributed by atoms with Gasteiger partial charge in [0, 0.05) is 0 Å². The molecule has 1 aromatic rings. The van der Waals surface area contributed by atoms with E-state index < -0.39 is 0 Å². The zero-order valence-electron chi connectivity index (χ0n) is 20.0. The predicted octanol–water partition coefficient (Wildman–Crippen LogP) is 8.71. The topological polar surface area (TPSA) is 0 Å². The molecular formula is C29H44. The van der Waals surface area contributed by atoms with Crippen LogP contribution in [-0.4, -0.2) is 0 Å². The van der Waals surface area contributed by atoms with Crippen LogP contribution in [0.2, 0.25) is 0 Å². The van der Waals surface area contributed by atoms with Gasteiger partial charge in [-0.1, -0.05) is 63.1 Å². The summed E-state index contributed by atoms with van der Waals surface area (Å²) in [5, 5.41) is 0. The van der Waals surface area contributed by atoms with Crippen molar-refractivity contribution in [2.45, 2.75) is 86.5 Å². The standard InChI is InChI=1S/C22H32.C3H8.2C2H2/c1-16(2)11-9-8-10-12-17(3)19(5)14-22-15-20(6)18(4)13-21(22)7;1-3-2;2*1-2/h13,15H,1,3,5,8-12,14H2,2,4,6-7H3;3H2,1-2H3;2*1-2H. The van der Waals surface area contributed by atoms with E-state index >= 15 is 0 Å². The van der Waals surface area contributed by atoms with Gasteiger partial charge in [-0.2, -0.15) is 0 Å². The van der Waals surface area contributed by atoms with Crippen LogP contribution in [0.5, 0.6) is 0 Å². The zero-order chi connectivity index (χ0) is 23.4. The predicted molar refractivity (Wildman–Crippen MR) is 136 cm³/mol. The van der Waals surface area contributed by atoms with Gasteiger partial charge in [0.15, 0.2) is 0 Å². The Morgan fingerprint density at radius 2 is 1.17 bits per heavy atom. The summed E-state index contributed by atoms with van der Waals surface area (Å²) in [5.74, 6) is 0. The largest absolute Gasteiger partial charge is 0.124 e. The van der Waals surface area contributed by atoms with Gasteiger partial charge in [0.25, 0.3) is 0 Å². The summed E-state index contributed by atoms with van der Waals surface area (Å²) in [6.07, 6.45) is 24.1. The normalized spacial score (nSPS) is 8.76. The van der Waals surface area contributed by atoms with Gasteiger partial charge in [0.2, 0.25) is 0 Å². The lowest BCUT2D eigenvalue weighted by Crippen LogP contribution is -1.98. The summed E-state index contributed by atoms with van der Waals surface area (Å²) in [6, 6.07) is 4.58. The highest BCUT2D eigenvalue weighted by molar-refractivity contribution is 5.41. The molecule has 0 nitrogen and oxygen atoms in total. The second kappa shape index (κ2) is 20.3. The minimum Gasteiger partial charge on any atom is -0.124 e. The minimum absolute atomic E-state index is 0.928. The molecule has 0 unspecified atom stereocenters. The van der Waals surface area contributed by atoms with Crippen LogP contribution in [0.4, 0.5) is 0 Å². The third kappa shape index (κ3) is 16.2. The molecule has 0 heterocycles. The number of allylic oxidation sites excluding steroid dienone is 3. The smallest absolute Gasteiger partial charge is 0.00264 e. The first-order valence-electron chi connectivity index (χ1n) is 10.5. The van der Waals surface area contributed by atoms with Crippen LogP contribution in [0.25, 0.3) is 0 Å². The number of hydrogen-bond acceptors (Lipinski definition) is 0. The van der Waals surface area contributed by atoms with Crippen molar-refractivity contribution in [1.29, 1.82) is 0 Å². The van der Waals surface area contributed by atoms with E-state index in [1.165, 1.54) is 64.7 Å². The maximum Gasteiger partial charge on any atom is -0.00264 e. The van der Waals surface area contributed by atoms with E-state index in [-0.39, 0.29) is 0 Å². The van der Waals surface area contributed by atoms with Crippen molar-refractivity contribution in [2.24, 2.45) is 0 Å². The monoisotopic (exact) mass is 392 g/mol. The molecule has 1 rings (SSSR count). The Balaban J connectivity index is -0.000000856. The lowest BCUT2D eigenvalue weighted by Gasteiger charge is -2.13. The summed E-state index contributed by atoms with van der Waals surface area (Å²) in [6.45, 7) is 25.3. The van der Waals surface area contributed by atoms with E-state index in [1.54, 1.807) is 0 Å². The van der Waals surface area contributed by atoms with E-state index in [1.807, 2.05) is 0 Å². The molecule has 0 bridgehead atoms. The molecular weight excluding hydrogens is 348 g/mol. The number of unbranched alkanes of at least 4 members (excludes halogenated alkanes) is 2. The minimum atomic E-state index is 0.928. The van der Waals surface area contributed by atoms with Gasteiger partial charge in [-0.05, 0) is 87.6 Å². The van der Waals surface area contributed by atoms with E-state index in [2.05, 4.69) is 99.1 Å². The average Bonchev–Trinajstić information content (AvgIpc) is 2.69. The molecule has 0 fully saturated rings. The van der Waals surface area contributed by atoms with Gasteiger partial charge in [-0.25, -0.2) is 0 Å². The highest BCUT2D eigenvalue weighted by atomic mass is 14.1. The quantitative estimate of drug-likeness (QED) is 0.170. The molecule has 160 valence electrons. The first-order valence-corrected chi connectivity index (χ1v) is 10.5. The fraction of sp³-hybridized carbons (Fsp3) is 0.448. The van der Waals surface area contributed by atoms with Crippen molar-refractivity contribution < 1.29 is 0 Å². The SMILES string of the molecule is C#C.C#C.C=C(C)CCCCCC(=C)C(=C)Cc1cc(C)c(C)cc1C.CCC. The molecule has 0 N–H and O–H groups in total. The van der Waals surface area contributed by atoms with Crippen molar-refractivity contribution in [2.75, 3.05) is 0 Å². The maximum atomic E-state index is 4.26. The van der Waals surface area contributed by atoms with Crippen molar-refractivity contribution in [3.63, 3.8) is 0 Å². The molecule has 0 saturated heterocycles. The highest BCUT2D eigenvalue weighted by Crippen LogP contribution is 2.23. The molecule has 0 heteroatoms. The van der Waals surface area contributed by atoms with Crippen LogP contribution >= 0.6 is 0 Å². The van der Waals surface area contributed by atoms with Crippen molar-refractivity contribution in [3.8, 4) is 25.7 Å². The lowest BCUT2D eigenvalue weighted by molar-refractivity contribution is 0.675.